The average molecular weight is 266 g/mol. The number of para-hydroxylation sites is 1. The summed E-state index contributed by atoms with van der Waals surface area (Å²) in [6.45, 7) is -0.00887. The summed E-state index contributed by atoms with van der Waals surface area (Å²) in [5, 5.41) is 7.35. The number of hydrogen-bond donors (Lipinski definition) is 1. The van der Waals surface area contributed by atoms with Crippen LogP contribution in [0, 0.1) is 0 Å². The Morgan fingerprint density at radius 3 is 3.00 bits per heavy atom. The van der Waals surface area contributed by atoms with Gasteiger partial charge in [0, 0.05) is 19.5 Å². The number of carbonyl (C=O) groups is 1. The minimum Gasteiger partial charge on any atom is -0.375 e. The summed E-state index contributed by atoms with van der Waals surface area (Å²) in [5.41, 5.74) is 1.22. The summed E-state index contributed by atoms with van der Waals surface area (Å²) >= 11 is 6.14. The molecule has 0 aliphatic carbocycles. The number of anilines is 1. The molecule has 1 N–H and O–H groups in total. The number of aromatic nitrogens is 2. The number of benzene rings is 1. The van der Waals surface area contributed by atoms with Crippen molar-refractivity contribution in [2.75, 3.05) is 19.0 Å². The van der Waals surface area contributed by atoms with Crippen molar-refractivity contribution < 1.29 is 9.53 Å². The van der Waals surface area contributed by atoms with Crippen LogP contribution >= 0.6 is 11.6 Å². The van der Waals surface area contributed by atoms with E-state index in [9.17, 15) is 4.79 Å². The summed E-state index contributed by atoms with van der Waals surface area (Å²) in [6, 6.07) is 7.04. The van der Waals surface area contributed by atoms with E-state index in [1.165, 1.54) is 7.11 Å². The van der Waals surface area contributed by atoms with Crippen molar-refractivity contribution in [3.05, 3.63) is 41.7 Å². The molecule has 18 heavy (non-hydrogen) atoms. The number of rotatable bonds is 4. The van der Waals surface area contributed by atoms with Crippen molar-refractivity contribution >= 4 is 23.2 Å². The highest BCUT2D eigenvalue weighted by Crippen LogP contribution is 2.27. The number of hydrogen-bond acceptors (Lipinski definition) is 3. The maximum atomic E-state index is 11.5. The second-order valence-corrected chi connectivity index (χ2v) is 3.98. The molecular weight excluding hydrogens is 254 g/mol. The van der Waals surface area contributed by atoms with Gasteiger partial charge < -0.3 is 10.1 Å². The molecule has 0 atom stereocenters. The van der Waals surface area contributed by atoms with Crippen LogP contribution in [0.5, 0.6) is 0 Å². The molecule has 0 unspecified atom stereocenters. The van der Waals surface area contributed by atoms with Gasteiger partial charge in [-0.1, -0.05) is 17.7 Å². The lowest BCUT2D eigenvalue weighted by atomic mass is 10.2. The van der Waals surface area contributed by atoms with Gasteiger partial charge in [0.05, 0.1) is 10.7 Å². The fourth-order valence-corrected chi connectivity index (χ4v) is 1.83. The molecule has 5 nitrogen and oxygen atoms in total. The number of nitrogens with one attached hydrogen (secondary N) is 1. The quantitative estimate of drug-likeness (QED) is 0.921. The number of carbonyl (C=O) groups excluding carboxylic acids is 1. The second kappa shape index (κ2) is 5.66. The van der Waals surface area contributed by atoms with Gasteiger partial charge in [0.1, 0.15) is 12.3 Å². The third kappa shape index (κ3) is 2.69. The van der Waals surface area contributed by atoms with Crippen LogP contribution in [0.15, 0.2) is 36.7 Å². The summed E-state index contributed by atoms with van der Waals surface area (Å²) in [6.07, 6.45) is 3.40. The van der Waals surface area contributed by atoms with Gasteiger partial charge in [0.25, 0.3) is 0 Å². The Morgan fingerprint density at radius 1 is 1.50 bits per heavy atom. The van der Waals surface area contributed by atoms with Crippen molar-refractivity contribution in [1.29, 1.82) is 0 Å². The van der Waals surface area contributed by atoms with Gasteiger partial charge in [-0.25, -0.2) is 4.68 Å². The van der Waals surface area contributed by atoms with E-state index in [-0.39, 0.29) is 12.5 Å². The van der Waals surface area contributed by atoms with Gasteiger partial charge in [-0.15, -0.1) is 0 Å². The Morgan fingerprint density at radius 2 is 2.33 bits per heavy atom. The standard InChI is InChI=1S/C12H12ClN3O2/c1-18-8-11(17)15-10-5-2-4-9(13)12(10)16-7-3-6-14-16/h2-7H,8H2,1H3,(H,15,17). The highest BCUT2D eigenvalue weighted by molar-refractivity contribution is 6.33. The van der Waals surface area contributed by atoms with E-state index in [2.05, 4.69) is 10.4 Å². The molecule has 0 aliphatic rings. The average Bonchev–Trinajstić information content (AvgIpc) is 2.82. The van der Waals surface area contributed by atoms with E-state index in [4.69, 9.17) is 16.3 Å². The minimum absolute atomic E-state index is 0.00887. The van der Waals surface area contributed by atoms with Crippen LogP contribution in [-0.4, -0.2) is 29.4 Å². The summed E-state index contributed by atoms with van der Waals surface area (Å²) in [4.78, 5) is 11.5. The van der Waals surface area contributed by atoms with Gasteiger partial charge in [0.15, 0.2) is 0 Å². The molecule has 1 heterocycles. The van der Waals surface area contributed by atoms with E-state index in [1.807, 2.05) is 0 Å². The van der Waals surface area contributed by atoms with Crippen LogP contribution < -0.4 is 5.32 Å². The maximum absolute atomic E-state index is 11.5. The SMILES string of the molecule is COCC(=O)Nc1cccc(Cl)c1-n1cccn1. The Bertz CT molecular complexity index is 540. The number of methoxy groups -OCH3 is 1. The van der Waals surface area contributed by atoms with Crippen LogP contribution in [0.4, 0.5) is 5.69 Å². The first-order chi connectivity index (χ1) is 8.72. The fourth-order valence-electron chi connectivity index (χ4n) is 1.57. The lowest BCUT2D eigenvalue weighted by Gasteiger charge is -2.12. The number of halogens is 1. The van der Waals surface area contributed by atoms with E-state index in [0.29, 0.717) is 16.4 Å². The van der Waals surface area contributed by atoms with Crippen molar-refractivity contribution in [2.24, 2.45) is 0 Å². The molecule has 2 rings (SSSR count). The normalized spacial score (nSPS) is 10.3. The van der Waals surface area contributed by atoms with Crippen LogP contribution in [0.2, 0.25) is 5.02 Å². The molecular formula is C12H12ClN3O2. The van der Waals surface area contributed by atoms with Crippen LogP contribution in [0.3, 0.4) is 0 Å². The van der Waals surface area contributed by atoms with Gasteiger partial charge in [-0.05, 0) is 18.2 Å². The molecule has 2 aromatic rings. The van der Waals surface area contributed by atoms with Crippen molar-refractivity contribution in [2.45, 2.75) is 0 Å². The number of ether oxygens (including phenoxy) is 1. The molecule has 1 aromatic heterocycles. The molecule has 0 saturated heterocycles. The molecule has 1 aromatic carbocycles. The van der Waals surface area contributed by atoms with E-state index in [0.717, 1.165) is 0 Å². The Hall–Kier alpha value is -1.85. The minimum atomic E-state index is -0.242. The lowest BCUT2D eigenvalue weighted by Crippen LogP contribution is -2.18. The topological polar surface area (TPSA) is 56.1 Å². The van der Waals surface area contributed by atoms with Gasteiger partial charge in [-0.2, -0.15) is 5.10 Å². The molecule has 94 valence electrons. The number of nitrogens with zero attached hydrogens (tertiary/aromatic N) is 2. The maximum Gasteiger partial charge on any atom is 0.250 e. The highest BCUT2D eigenvalue weighted by atomic mass is 35.5. The highest BCUT2D eigenvalue weighted by Gasteiger charge is 2.11. The Kier molecular flexibility index (Phi) is 3.96. The first kappa shape index (κ1) is 12.6. The molecule has 0 fully saturated rings. The van der Waals surface area contributed by atoms with Gasteiger partial charge in [-0.3, -0.25) is 4.79 Å². The van der Waals surface area contributed by atoms with Crippen LogP contribution in [0.25, 0.3) is 5.69 Å². The third-order valence-electron chi connectivity index (χ3n) is 2.27. The summed E-state index contributed by atoms with van der Waals surface area (Å²) in [7, 11) is 1.46. The van der Waals surface area contributed by atoms with Gasteiger partial charge >= 0.3 is 0 Å². The zero-order valence-electron chi connectivity index (χ0n) is 9.76. The zero-order valence-corrected chi connectivity index (χ0v) is 10.5. The Labute approximate surface area is 109 Å². The smallest absolute Gasteiger partial charge is 0.250 e. The predicted molar refractivity (Wildman–Crippen MR) is 69.1 cm³/mol. The van der Waals surface area contributed by atoms with E-state index >= 15 is 0 Å². The van der Waals surface area contributed by atoms with Crippen molar-refractivity contribution in [1.82, 2.24) is 9.78 Å². The fraction of sp³-hybridized carbons (Fsp3) is 0.167. The first-order valence-electron chi connectivity index (χ1n) is 5.29. The molecule has 0 saturated carbocycles. The predicted octanol–water partition coefficient (Wildman–Crippen LogP) is 2.11. The van der Waals surface area contributed by atoms with Crippen LogP contribution in [0.1, 0.15) is 0 Å². The van der Waals surface area contributed by atoms with Crippen LogP contribution in [-0.2, 0) is 9.53 Å². The first-order valence-corrected chi connectivity index (χ1v) is 5.67. The molecule has 0 aliphatic heterocycles. The largest absolute Gasteiger partial charge is 0.375 e. The third-order valence-corrected chi connectivity index (χ3v) is 2.57. The molecule has 1 amide bonds. The molecule has 6 heteroatoms. The molecule has 0 bridgehead atoms. The molecule has 0 radical (unpaired) electrons. The lowest BCUT2D eigenvalue weighted by molar-refractivity contribution is -0.119. The summed E-state index contributed by atoms with van der Waals surface area (Å²) in [5.74, 6) is -0.242. The molecule has 0 spiro atoms. The zero-order chi connectivity index (χ0) is 13.0. The Balaban J connectivity index is 2.36. The van der Waals surface area contributed by atoms with E-state index in [1.54, 1.807) is 41.3 Å². The van der Waals surface area contributed by atoms with E-state index < -0.39 is 0 Å². The monoisotopic (exact) mass is 265 g/mol. The summed E-state index contributed by atoms with van der Waals surface area (Å²) < 4.78 is 6.37. The van der Waals surface area contributed by atoms with Gasteiger partial charge in [0.2, 0.25) is 5.91 Å². The van der Waals surface area contributed by atoms with Crippen molar-refractivity contribution in [3.63, 3.8) is 0 Å². The second-order valence-electron chi connectivity index (χ2n) is 3.57. The number of amides is 1. The van der Waals surface area contributed by atoms with Crippen molar-refractivity contribution in [3.8, 4) is 5.69 Å².